The van der Waals surface area contributed by atoms with E-state index >= 15 is 0 Å². The quantitative estimate of drug-likeness (QED) is 0.831. The van der Waals surface area contributed by atoms with Crippen molar-refractivity contribution in [1.82, 2.24) is 5.32 Å². The lowest BCUT2D eigenvalue weighted by Gasteiger charge is -2.19. The van der Waals surface area contributed by atoms with Crippen LogP contribution in [0.3, 0.4) is 0 Å². The van der Waals surface area contributed by atoms with Gasteiger partial charge in [-0.2, -0.15) is 0 Å². The summed E-state index contributed by atoms with van der Waals surface area (Å²) in [7, 11) is 2.03. The van der Waals surface area contributed by atoms with E-state index < -0.39 is 0 Å². The molecule has 1 amide bonds. The molecule has 0 heterocycles. The first-order valence-electron chi connectivity index (χ1n) is 6.90. The Labute approximate surface area is 130 Å². The highest BCUT2D eigenvalue weighted by Gasteiger charge is 2.09. The Morgan fingerprint density at radius 3 is 2.48 bits per heavy atom. The normalized spacial score (nSPS) is 10.2. The molecule has 2 aromatic rings. The van der Waals surface area contributed by atoms with Crippen molar-refractivity contribution in [2.45, 2.75) is 4.90 Å². The van der Waals surface area contributed by atoms with Gasteiger partial charge in [-0.15, -0.1) is 11.8 Å². The van der Waals surface area contributed by atoms with Gasteiger partial charge in [0.2, 0.25) is 0 Å². The molecule has 0 atom stereocenters. The van der Waals surface area contributed by atoms with Gasteiger partial charge in [0.15, 0.2) is 0 Å². The summed E-state index contributed by atoms with van der Waals surface area (Å²) in [4.78, 5) is 15.3. The molecule has 0 saturated heterocycles. The van der Waals surface area contributed by atoms with Gasteiger partial charge in [0.1, 0.15) is 0 Å². The number of nitrogens with one attached hydrogen (secondary N) is 1. The second-order valence-corrected chi connectivity index (χ2v) is 5.56. The predicted molar refractivity (Wildman–Crippen MR) is 90.3 cm³/mol. The number of thioether (sulfide) groups is 1. The van der Waals surface area contributed by atoms with Gasteiger partial charge in [-0.1, -0.05) is 30.3 Å². The lowest BCUT2D eigenvalue weighted by molar-refractivity contribution is 0.0952. The van der Waals surface area contributed by atoms with Crippen molar-refractivity contribution in [3.05, 3.63) is 60.2 Å². The number of amides is 1. The second-order valence-electron chi connectivity index (χ2n) is 4.71. The van der Waals surface area contributed by atoms with E-state index in [4.69, 9.17) is 0 Å². The molecule has 0 saturated carbocycles. The van der Waals surface area contributed by atoms with Crippen molar-refractivity contribution in [1.29, 1.82) is 0 Å². The molecule has 0 spiro atoms. The molecule has 0 bridgehead atoms. The van der Waals surface area contributed by atoms with E-state index in [0.29, 0.717) is 6.54 Å². The summed E-state index contributed by atoms with van der Waals surface area (Å²) in [5.41, 5.74) is 1.89. The van der Waals surface area contributed by atoms with Gasteiger partial charge in [-0.3, -0.25) is 4.79 Å². The van der Waals surface area contributed by atoms with E-state index in [2.05, 4.69) is 22.3 Å². The molecule has 0 aliphatic heterocycles. The number of rotatable bonds is 6. The molecule has 0 unspecified atom stereocenters. The fourth-order valence-corrected chi connectivity index (χ4v) is 2.67. The zero-order valence-corrected chi connectivity index (χ0v) is 13.2. The number of para-hydroxylation sites is 1. The highest BCUT2D eigenvalue weighted by atomic mass is 32.2. The van der Waals surface area contributed by atoms with Crippen LogP contribution in [0, 0.1) is 0 Å². The summed E-state index contributed by atoms with van der Waals surface area (Å²) in [6.45, 7) is 1.39. The van der Waals surface area contributed by atoms with Gasteiger partial charge >= 0.3 is 0 Å². The summed E-state index contributed by atoms with van der Waals surface area (Å²) in [5, 5.41) is 2.98. The molecule has 1 N–H and O–H groups in total. The largest absolute Gasteiger partial charge is 0.373 e. The highest BCUT2D eigenvalue weighted by Crippen LogP contribution is 2.19. The fourth-order valence-electron chi connectivity index (χ4n) is 2.08. The number of hydrogen-bond acceptors (Lipinski definition) is 3. The number of hydrogen-bond donors (Lipinski definition) is 1. The summed E-state index contributed by atoms with van der Waals surface area (Å²) in [5.74, 6) is -0.0126. The van der Waals surface area contributed by atoms with Crippen molar-refractivity contribution in [2.24, 2.45) is 0 Å². The molecule has 2 aromatic carbocycles. The Balaban J connectivity index is 1.87. The van der Waals surface area contributed by atoms with Gasteiger partial charge in [-0.25, -0.2) is 0 Å². The average Bonchev–Trinajstić information content (AvgIpc) is 2.55. The Morgan fingerprint density at radius 1 is 1.10 bits per heavy atom. The van der Waals surface area contributed by atoms with E-state index in [1.54, 1.807) is 11.8 Å². The summed E-state index contributed by atoms with van der Waals surface area (Å²) in [6.07, 6.45) is 1.98. The van der Waals surface area contributed by atoms with Crippen molar-refractivity contribution >= 4 is 23.4 Å². The molecular formula is C17H20N2OS. The average molecular weight is 300 g/mol. The Bertz CT molecular complexity index is 586. The van der Waals surface area contributed by atoms with Crippen LogP contribution in [-0.2, 0) is 0 Å². The third kappa shape index (κ3) is 4.26. The zero-order chi connectivity index (χ0) is 15.1. The predicted octanol–water partition coefficient (Wildman–Crippen LogP) is 3.27. The van der Waals surface area contributed by atoms with Crippen LogP contribution in [0.2, 0.25) is 0 Å². The number of benzene rings is 2. The van der Waals surface area contributed by atoms with Crippen molar-refractivity contribution in [2.75, 3.05) is 31.3 Å². The first-order valence-corrected chi connectivity index (χ1v) is 8.12. The van der Waals surface area contributed by atoms with Crippen LogP contribution in [0.1, 0.15) is 10.4 Å². The third-order valence-electron chi connectivity index (χ3n) is 3.28. The van der Waals surface area contributed by atoms with Crippen LogP contribution in [0.25, 0.3) is 0 Å². The number of nitrogens with zero attached hydrogens (tertiary/aromatic N) is 1. The minimum Gasteiger partial charge on any atom is -0.373 e. The van der Waals surface area contributed by atoms with E-state index in [-0.39, 0.29) is 5.91 Å². The van der Waals surface area contributed by atoms with Crippen molar-refractivity contribution in [3.63, 3.8) is 0 Å². The van der Waals surface area contributed by atoms with Crippen LogP contribution in [0.15, 0.2) is 59.5 Å². The minimum atomic E-state index is -0.0126. The summed E-state index contributed by atoms with van der Waals surface area (Å²) >= 11 is 1.59. The minimum absolute atomic E-state index is 0.0126. The first kappa shape index (κ1) is 15.4. The Kier molecular flexibility index (Phi) is 5.69. The zero-order valence-electron chi connectivity index (χ0n) is 12.4. The van der Waals surface area contributed by atoms with Gasteiger partial charge in [0.05, 0.1) is 5.56 Å². The molecule has 0 radical (unpaired) electrons. The third-order valence-corrected chi connectivity index (χ3v) is 4.08. The van der Waals surface area contributed by atoms with Crippen LogP contribution in [0.5, 0.6) is 0 Å². The Morgan fingerprint density at radius 2 is 1.76 bits per heavy atom. The lowest BCUT2D eigenvalue weighted by atomic mass is 10.2. The van der Waals surface area contributed by atoms with E-state index in [1.807, 2.05) is 55.8 Å². The summed E-state index contributed by atoms with van der Waals surface area (Å²) in [6, 6.07) is 17.8. The molecule has 110 valence electrons. The van der Waals surface area contributed by atoms with E-state index in [1.165, 1.54) is 0 Å². The van der Waals surface area contributed by atoms with Gasteiger partial charge in [0.25, 0.3) is 5.91 Å². The topological polar surface area (TPSA) is 32.3 Å². The number of carbonyl (C=O) groups excluding carboxylic acids is 1. The maximum atomic E-state index is 12.2. The van der Waals surface area contributed by atoms with Crippen molar-refractivity contribution < 1.29 is 4.79 Å². The SMILES string of the molecule is CSc1ccccc1C(=O)NCCN(C)c1ccccc1. The van der Waals surface area contributed by atoms with Gasteiger partial charge in [0, 0.05) is 30.7 Å². The standard InChI is InChI=1S/C17H20N2OS/c1-19(14-8-4-3-5-9-14)13-12-18-17(20)15-10-6-7-11-16(15)21-2/h3-11H,12-13H2,1-2H3,(H,18,20). The van der Waals surface area contributed by atoms with Gasteiger partial charge in [-0.05, 0) is 30.5 Å². The molecule has 0 aliphatic carbocycles. The monoisotopic (exact) mass is 300 g/mol. The maximum Gasteiger partial charge on any atom is 0.252 e. The second kappa shape index (κ2) is 7.74. The Hall–Kier alpha value is -1.94. The van der Waals surface area contributed by atoms with E-state index in [0.717, 1.165) is 22.7 Å². The molecular weight excluding hydrogens is 280 g/mol. The number of likely N-dealkylation sites (N-methyl/N-ethyl adjacent to an activating group) is 1. The molecule has 2 rings (SSSR count). The molecule has 0 aromatic heterocycles. The number of carbonyl (C=O) groups is 1. The van der Waals surface area contributed by atoms with E-state index in [9.17, 15) is 4.79 Å². The highest BCUT2D eigenvalue weighted by molar-refractivity contribution is 7.98. The fraction of sp³-hybridized carbons (Fsp3) is 0.235. The molecule has 21 heavy (non-hydrogen) atoms. The molecule has 0 aliphatic rings. The number of anilines is 1. The molecule has 0 fully saturated rings. The van der Waals surface area contributed by atoms with Crippen LogP contribution < -0.4 is 10.2 Å². The van der Waals surface area contributed by atoms with Crippen LogP contribution in [0.4, 0.5) is 5.69 Å². The van der Waals surface area contributed by atoms with Crippen LogP contribution in [-0.4, -0.2) is 32.3 Å². The maximum absolute atomic E-state index is 12.2. The smallest absolute Gasteiger partial charge is 0.252 e. The first-order chi connectivity index (χ1) is 10.2. The van der Waals surface area contributed by atoms with Crippen molar-refractivity contribution in [3.8, 4) is 0 Å². The lowest BCUT2D eigenvalue weighted by Crippen LogP contribution is -2.33. The van der Waals surface area contributed by atoms with Gasteiger partial charge < -0.3 is 10.2 Å². The summed E-state index contributed by atoms with van der Waals surface area (Å²) < 4.78 is 0. The van der Waals surface area contributed by atoms with Crippen LogP contribution >= 0.6 is 11.8 Å². The molecule has 3 nitrogen and oxygen atoms in total. The molecule has 4 heteroatoms.